The largest absolute Gasteiger partial charge is 0.322 e. The molecular weight excluding hydrogens is 120 g/mol. The molecule has 0 rings (SSSR count). The van der Waals surface area contributed by atoms with Gasteiger partial charge in [0.2, 0.25) is 11.8 Å². The summed E-state index contributed by atoms with van der Waals surface area (Å²) in [6.45, 7) is 2.96. The third kappa shape index (κ3) is 3.42. The summed E-state index contributed by atoms with van der Waals surface area (Å²) >= 11 is 0. The average Bonchev–Trinajstić information content (AvgIpc) is 1.87. The van der Waals surface area contributed by atoms with Gasteiger partial charge >= 0.3 is 0 Å². The SMILES string of the molecule is C=CC(=O)NC(=O)CN. The van der Waals surface area contributed by atoms with Gasteiger partial charge in [0, 0.05) is 0 Å². The number of nitrogens with one attached hydrogen (secondary N) is 1. The van der Waals surface area contributed by atoms with Gasteiger partial charge in [-0.2, -0.15) is 0 Å². The molecule has 0 spiro atoms. The Balaban J connectivity index is 3.59. The Morgan fingerprint density at radius 2 is 2.22 bits per heavy atom. The molecule has 0 fully saturated rings. The van der Waals surface area contributed by atoms with E-state index in [2.05, 4.69) is 6.58 Å². The predicted octanol–water partition coefficient (Wildman–Crippen LogP) is -1.23. The van der Waals surface area contributed by atoms with Crippen LogP contribution in [0.1, 0.15) is 0 Å². The van der Waals surface area contributed by atoms with Gasteiger partial charge in [-0.25, -0.2) is 0 Å². The summed E-state index contributed by atoms with van der Waals surface area (Å²) in [7, 11) is 0. The normalized spacial score (nSPS) is 8.11. The van der Waals surface area contributed by atoms with Crippen molar-refractivity contribution in [3.8, 4) is 0 Å². The van der Waals surface area contributed by atoms with Gasteiger partial charge in [0.1, 0.15) is 0 Å². The second-order valence-electron chi connectivity index (χ2n) is 1.32. The molecule has 0 aromatic heterocycles. The number of imide groups is 1. The van der Waals surface area contributed by atoms with Gasteiger partial charge in [-0.05, 0) is 6.08 Å². The molecule has 0 saturated heterocycles. The summed E-state index contributed by atoms with van der Waals surface area (Å²) in [5, 5.41) is 1.96. The second-order valence-corrected chi connectivity index (χ2v) is 1.32. The van der Waals surface area contributed by atoms with Crippen molar-refractivity contribution in [2.24, 2.45) is 5.73 Å². The number of hydrogen-bond donors (Lipinski definition) is 2. The molecule has 9 heavy (non-hydrogen) atoms. The van der Waals surface area contributed by atoms with Gasteiger partial charge in [-0.1, -0.05) is 6.58 Å². The minimum absolute atomic E-state index is 0.181. The molecule has 0 aliphatic carbocycles. The molecule has 0 aliphatic heterocycles. The molecule has 2 amide bonds. The van der Waals surface area contributed by atoms with Crippen molar-refractivity contribution in [1.82, 2.24) is 5.32 Å². The lowest BCUT2D eigenvalue weighted by atomic mass is 10.5. The molecule has 0 atom stereocenters. The first-order valence-electron chi connectivity index (χ1n) is 2.37. The molecule has 0 saturated carbocycles. The molecule has 0 heterocycles. The zero-order valence-electron chi connectivity index (χ0n) is 4.89. The van der Waals surface area contributed by atoms with Gasteiger partial charge in [-0.3, -0.25) is 14.9 Å². The Kier molecular flexibility index (Phi) is 3.31. The van der Waals surface area contributed by atoms with Crippen molar-refractivity contribution in [3.05, 3.63) is 12.7 Å². The van der Waals surface area contributed by atoms with Crippen LogP contribution in [0, 0.1) is 0 Å². The maximum atomic E-state index is 10.3. The number of nitrogens with two attached hydrogens (primary N) is 1. The summed E-state index contributed by atoms with van der Waals surface area (Å²) < 4.78 is 0. The van der Waals surface area contributed by atoms with Crippen molar-refractivity contribution in [2.45, 2.75) is 0 Å². The van der Waals surface area contributed by atoms with Crippen LogP contribution in [-0.2, 0) is 9.59 Å². The summed E-state index contributed by atoms with van der Waals surface area (Å²) in [6, 6.07) is 0. The molecule has 0 aliphatic rings. The van der Waals surface area contributed by atoms with Crippen LogP contribution < -0.4 is 11.1 Å². The van der Waals surface area contributed by atoms with Crippen LogP contribution in [0.15, 0.2) is 12.7 Å². The fourth-order valence-electron chi connectivity index (χ4n) is 0.239. The van der Waals surface area contributed by atoms with Gasteiger partial charge < -0.3 is 5.73 Å². The first-order chi connectivity index (χ1) is 4.20. The van der Waals surface area contributed by atoms with Crippen molar-refractivity contribution < 1.29 is 9.59 Å². The quantitative estimate of drug-likeness (QED) is 0.457. The Hall–Kier alpha value is -1.16. The molecular formula is C5H8N2O2. The van der Waals surface area contributed by atoms with E-state index < -0.39 is 11.8 Å². The molecule has 0 unspecified atom stereocenters. The van der Waals surface area contributed by atoms with Crippen molar-refractivity contribution >= 4 is 11.8 Å². The highest BCUT2D eigenvalue weighted by atomic mass is 16.2. The zero-order valence-corrected chi connectivity index (χ0v) is 4.89. The van der Waals surface area contributed by atoms with Gasteiger partial charge in [-0.15, -0.1) is 0 Å². The second kappa shape index (κ2) is 3.80. The standard InChI is InChI=1S/C5H8N2O2/c1-2-4(8)7-5(9)3-6/h2H,1,3,6H2,(H,7,8,9). The molecule has 3 N–H and O–H groups in total. The third-order valence-corrected chi connectivity index (χ3v) is 0.633. The predicted molar refractivity (Wildman–Crippen MR) is 32.4 cm³/mol. The first kappa shape index (κ1) is 7.84. The lowest BCUT2D eigenvalue weighted by Gasteiger charge is -1.93. The van der Waals surface area contributed by atoms with Gasteiger partial charge in [0.25, 0.3) is 0 Å². The monoisotopic (exact) mass is 128 g/mol. The first-order valence-corrected chi connectivity index (χ1v) is 2.37. The maximum Gasteiger partial charge on any atom is 0.249 e. The summed E-state index contributed by atoms with van der Waals surface area (Å²) in [5.41, 5.74) is 4.88. The Labute approximate surface area is 52.7 Å². The van der Waals surface area contributed by atoms with Crippen LogP contribution in [0.2, 0.25) is 0 Å². The fraction of sp³-hybridized carbons (Fsp3) is 0.200. The summed E-state index contributed by atoms with van der Waals surface area (Å²) in [6.07, 6.45) is 1.01. The lowest BCUT2D eigenvalue weighted by molar-refractivity contribution is -0.127. The highest BCUT2D eigenvalue weighted by molar-refractivity contribution is 6.01. The van der Waals surface area contributed by atoms with Crippen LogP contribution in [-0.4, -0.2) is 18.4 Å². The van der Waals surface area contributed by atoms with E-state index in [1.54, 1.807) is 0 Å². The van der Waals surface area contributed by atoms with Crippen molar-refractivity contribution in [3.63, 3.8) is 0 Å². The highest BCUT2D eigenvalue weighted by Crippen LogP contribution is 1.64. The number of carbonyl (C=O) groups excluding carboxylic acids is 2. The Bertz CT molecular complexity index is 142. The minimum atomic E-state index is -0.523. The van der Waals surface area contributed by atoms with Crippen LogP contribution in [0.3, 0.4) is 0 Å². The average molecular weight is 128 g/mol. The van der Waals surface area contributed by atoms with E-state index in [-0.39, 0.29) is 6.54 Å². The molecule has 50 valence electrons. The van der Waals surface area contributed by atoms with E-state index in [0.717, 1.165) is 6.08 Å². The van der Waals surface area contributed by atoms with E-state index in [0.29, 0.717) is 0 Å². The van der Waals surface area contributed by atoms with Crippen LogP contribution >= 0.6 is 0 Å². The molecule has 0 bridgehead atoms. The highest BCUT2D eigenvalue weighted by Gasteiger charge is 1.98. The van der Waals surface area contributed by atoms with Crippen molar-refractivity contribution in [1.29, 1.82) is 0 Å². The van der Waals surface area contributed by atoms with Gasteiger partial charge in [0.15, 0.2) is 0 Å². The van der Waals surface area contributed by atoms with Gasteiger partial charge in [0.05, 0.1) is 6.54 Å². The Morgan fingerprint density at radius 1 is 1.67 bits per heavy atom. The fourth-order valence-corrected chi connectivity index (χ4v) is 0.239. The smallest absolute Gasteiger partial charge is 0.249 e. The molecule has 0 aromatic rings. The molecule has 4 nitrogen and oxygen atoms in total. The lowest BCUT2D eigenvalue weighted by Crippen LogP contribution is -2.34. The van der Waals surface area contributed by atoms with E-state index in [1.165, 1.54) is 0 Å². The molecule has 4 heteroatoms. The molecule has 0 radical (unpaired) electrons. The number of carbonyl (C=O) groups is 2. The van der Waals surface area contributed by atoms with Crippen LogP contribution in [0.25, 0.3) is 0 Å². The van der Waals surface area contributed by atoms with E-state index in [9.17, 15) is 9.59 Å². The zero-order chi connectivity index (χ0) is 7.28. The van der Waals surface area contributed by atoms with Crippen LogP contribution in [0.5, 0.6) is 0 Å². The summed E-state index contributed by atoms with van der Waals surface area (Å²) in [5.74, 6) is -1.02. The van der Waals surface area contributed by atoms with E-state index in [4.69, 9.17) is 5.73 Å². The van der Waals surface area contributed by atoms with E-state index in [1.807, 2.05) is 5.32 Å². The van der Waals surface area contributed by atoms with Crippen molar-refractivity contribution in [2.75, 3.05) is 6.54 Å². The Morgan fingerprint density at radius 3 is 2.56 bits per heavy atom. The van der Waals surface area contributed by atoms with Crippen LogP contribution in [0.4, 0.5) is 0 Å². The number of rotatable bonds is 2. The third-order valence-electron chi connectivity index (χ3n) is 0.633. The topological polar surface area (TPSA) is 72.2 Å². The number of hydrogen-bond acceptors (Lipinski definition) is 3. The summed E-state index contributed by atoms with van der Waals surface area (Å²) in [4.78, 5) is 20.6. The minimum Gasteiger partial charge on any atom is -0.322 e. The maximum absolute atomic E-state index is 10.3. The number of amides is 2. The van der Waals surface area contributed by atoms with E-state index >= 15 is 0 Å². The molecule has 0 aromatic carbocycles.